The van der Waals surface area contributed by atoms with E-state index in [0.29, 0.717) is 19.3 Å². The lowest BCUT2D eigenvalue weighted by Crippen LogP contribution is -2.53. The van der Waals surface area contributed by atoms with E-state index in [-0.39, 0.29) is 30.1 Å². The van der Waals surface area contributed by atoms with Gasteiger partial charge in [0.2, 0.25) is 5.91 Å². The number of ether oxygens (including phenoxy) is 2. The molecule has 2 heterocycles. The van der Waals surface area contributed by atoms with Crippen LogP contribution in [0.2, 0.25) is 0 Å². The quantitative estimate of drug-likeness (QED) is 0.348. The molecule has 0 saturated heterocycles. The Kier molecular flexibility index (Phi) is 9.00. The first kappa shape index (κ1) is 29.2. The van der Waals surface area contributed by atoms with Crippen molar-refractivity contribution in [3.63, 3.8) is 0 Å². The number of rotatable bonds is 9. The van der Waals surface area contributed by atoms with Crippen LogP contribution in [0.15, 0.2) is 43.0 Å². The summed E-state index contributed by atoms with van der Waals surface area (Å²) in [6.45, 7) is 4.48. The van der Waals surface area contributed by atoms with Gasteiger partial charge in [-0.2, -0.15) is 0 Å². The van der Waals surface area contributed by atoms with Gasteiger partial charge in [0.25, 0.3) is 0 Å². The van der Waals surface area contributed by atoms with Crippen LogP contribution >= 0.6 is 0 Å². The summed E-state index contributed by atoms with van der Waals surface area (Å²) >= 11 is 0. The van der Waals surface area contributed by atoms with Gasteiger partial charge in [0.15, 0.2) is 17.0 Å². The molecule has 0 radical (unpaired) electrons. The smallest absolute Gasteiger partial charge is 0.413 e. The molecule has 1 aliphatic carbocycles. The SMILES string of the molecule is CC(C)(C)OC(=O)N[C@@H]1CCC[C@@H]1N(CC(=O)O)C(=O)Cn1cnc2c(NC(=O)OCc3ccccc3)ncnc21. The van der Waals surface area contributed by atoms with Gasteiger partial charge in [-0.1, -0.05) is 30.3 Å². The highest BCUT2D eigenvalue weighted by atomic mass is 16.6. The molecule has 14 heteroatoms. The molecule has 4 rings (SSSR count). The molecule has 0 spiro atoms. The maximum Gasteiger partial charge on any atom is 0.413 e. The Morgan fingerprint density at radius 1 is 1.07 bits per heavy atom. The molecule has 0 bridgehead atoms. The minimum absolute atomic E-state index is 0.0637. The van der Waals surface area contributed by atoms with Gasteiger partial charge in [0, 0.05) is 0 Å². The minimum Gasteiger partial charge on any atom is -0.480 e. The Morgan fingerprint density at radius 3 is 2.54 bits per heavy atom. The largest absolute Gasteiger partial charge is 0.480 e. The number of amides is 3. The number of carboxylic acid groups (broad SMARTS) is 1. The van der Waals surface area contributed by atoms with Crippen LogP contribution in [0.1, 0.15) is 45.6 Å². The van der Waals surface area contributed by atoms with Crippen molar-refractivity contribution in [2.45, 2.75) is 70.9 Å². The maximum atomic E-state index is 13.5. The van der Waals surface area contributed by atoms with Gasteiger partial charge in [0.1, 0.15) is 31.6 Å². The number of nitrogens with zero attached hydrogens (tertiary/aromatic N) is 5. The Labute approximate surface area is 236 Å². The fraction of sp³-hybridized carbons (Fsp3) is 0.444. The molecule has 218 valence electrons. The number of fused-ring (bicyclic) bond motifs is 1. The number of benzene rings is 1. The van der Waals surface area contributed by atoms with Crippen molar-refractivity contribution in [1.82, 2.24) is 29.7 Å². The fourth-order valence-electron chi connectivity index (χ4n) is 4.66. The maximum absolute atomic E-state index is 13.5. The third-order valence-electron chi connectivity index (χ3n) is 6.35. The number of aliphatic carboxylic acids is 1. The molecule has 3 N–H and O–H groups in total. The Hall–Kier alpha value is -4.75. The first-order valence-corrected chi connectivity index (χ1v) is 13.1. The highest BCUT2D eigenvalue weighted by Gasteiger charge is 2.37. The predicted octanol–water partition coefficient (Wildman–Crippen LogP) is 2.93. The first-order chi connectivity index (χ1) is 19.5. The van der Waals surface area contributed by atoms with Crippen molar-refractivity contribution in [2.75, 3.05) is 11.9 Å². The summed E-state index contributed by atoms with van der Waals surface area (Å²) in [6, 6.07) is 8.17. The van der Waals surface area contributed by atoms with E-state index in [1.165, 1.54) is 22.1 Å². The number of carboxylic acids is 1. The van der Waals surface area contributed by atoms with Crippen molar-refractivity contribution in [3.05, 3.63) is 48.5 Å². The van der Waals surface area contributed by atoms with E-state index in [4.69, 9.17) is 9.47 Å². The molecule has 3 amide bonds. The van der Waals surface area contributed by atoms with E-state index in [0.717, 1.165) is 5.56 Å². The first-order valence-electron chi connectivity index (χ1n) is 13.1. The lowest BCUT2D eigenvalue weighted by Gasteiger charge is -2.33. The number of hydrogen-bond donors (Lipinski definition) is 3. The van der Waals surface area contributed by atoms with Crippen molar-refractivity contribution in [1.29, 1.82) is 0 Å². The summed E-state index contributed by atoms with van der Waals surface area (Å²) in [5.74, 6) is -1.58. The van der Waals surface area contributed by atoms with Crippen LogP contribution in [0.5, 0.6) is 0 Å². The molecule has 1 aromatic carbocycles. The molecule has 14 nitrogen and oxygen atoms in total. The molecule has 41 heavy (non-hydrogen) atoms. The lowest BCUT2D eigenvalue weighted by atomic mass is 10.1. The van der Waals surface area contributed by atoms with Crippen LogP contribution in [0.4, 0.5) is 15.4 Å². The molecule has 0 aliphatic heterocycles. The standard InChI is InChI=1S/C27H33N7O7/c1-27(2,3)41-26(39)31-18-10-7-11-19(18)34(13-21(36)37)20(35)12-33-16-30-22-23(28-15-29-24(22)33)32-25(38)40-14-17-8-5-4-6-9-17/h4-6,8-9,15-16,18-19H,7,10-14H2,1-3H3,(H,31,39)(H,36,37)(H,28,29,32,38)/t18-,19+/m1/s1. The van der Waals surface area contributed by atoms with E-state index in [1.807, 2.05) is 30.3 Å². The van der Waals surface area contributed by atoms with Crippen LogP contribution in [-0.4, -0.2) is 77.8 Å². The Balaban J connectivity index is 1.46. The van der Waals surface area contributed by atoms with E-state index >= 15 is 0 Å². The second-order valence-electron chi connectivity index (χ2n) is 10.6. The Bertz CT molecular complexity index is 1400. The summed E-state index contributed by atoms with van der Waals surface area (Å²) in [7, 11) is 0. The molecule has 2 aromatic heterocycles. The Morgan fingerprint density at radius 2 is 1.83 bits per heavy atom. The van der Waals surface area contributed by atoms with Gasteiger partial charge in [-0.05, 0) is 45.6 Å². The molecular formula is C27H33N7O7. The van der Waals surface area contributed by atoms with Crippen LogP contribution in [0.3, 0.4) is 0 Å². The minimum atomic E-state index is -1.18. The van der Waals surface area contributed by atoms with Crippen LogP contribution < -0.4 is 10.6 Å². The molecular weight excluding hydrogens is 534 g/mol. The van der Waals surface area contributed by atoms with Crippen molar-refractivity contribution < 1.29 is 33.8 Å². The van der Waals surface area contributed by atoms with Gasteiger partial charge < -0.3 is 29.4 Å². The van der Waals surface area contributed by atoms with Crippen molar-refractivity contribution in [2.24, 2.45) is 0 Å². The fourth-order valence-corrected chi connectivity index (χ4v) is 4.66. The third kappa shape index (κ3) is 7.90. The number of imidazole rings is 1. The second-order valence-corrected chi connectivity index (χ2v) is 10.6. The third-order valence-corrected chi connectivity index (χ3v) is 6.35. The van der Waals surface area contributed by atoms with E-state index < -0.39 is 48.3 Å². The summed E-state index contributed by atoms with van der Waals surface area (Å²) in [6.07, 6.45) is 3.00. The summed E-state index contributed by atoms with van der Waals surface area (Å²) in [4.78, 5) is 63.7. The number of hydrogen-bond acceptors (Lipinski definition) is 9. The van der Waals surface area contributed by atoms with Crippen LogP contribution in [0, 0.1) is 0 Å². The average molecular weight is 568 g/mol. The molecule has 2 atom stereocenters. The van der Waals surface area contributed by atoms with E-state index in [1.54, 1.807) is 20.8 Å². The summed E-state index contributed by atoms with van der Waals surface area (Å²) in [5, 5.41) is 14.9. The summed E-state index contributed by atoms with van der Waals surface area (Å²) < 4.78 is 12.0. The lowest BCUT2D eigenvalue weighted by molar-refractivity contribution is -0.146. The molecule has 1 fully saturated rings. The number of carbonyl (C=O) groups is 4. The van der Waals surface area contributed by atoms with E-state index in [9.17, 15) is 24.3 Å². The topological polar surface area (TPSA) is 178 Å². The zero-order chi connectivity index (χ0) is 29.6. The number of carbonyl (C=O) groups excluding carboxylic acids is 3. The zero-order valence-corrected chi connectivity index (χ0v) is 23.1. The van der Waals surface area contributed by atoms with Gasteiger partial charge in [0.05, 0.1) is 18.4 Å². The normalized spacial score (nSPS) is 16.7. The van der Waals surface area contributed by atoms with Crippen LogP contribution in [-0.2, 0) is 32.2 Å². The number of alkyl carbamates (subject to hydrolysis) is 1. The number of anilines is 1. The van der Waals surface area contributed by atoms with Gasteiger partial charge in [-0.25, -0.2) is 24.5 Å². The predicted molar refractivity (Wildman–Crippen MR) is 146 cm³/mol. The monoisotopic (exact) mass is 567 g/mol. The van der Waals surface area contributed by atoms with Gasteiger partial charge >= 0.3 is 18.2 Å². The van der Waals surface area contributed by atoms with E-state index in [2.05, 4.69) is 25.6 Å². The van der Waals surface area contributed by atoms with Gasteiger partial charge in [-0.3, -0.25) is 14.9 Å². The second kappa shape index (κ2) is 12.6. The van der Waals surface area contributed by atoms with Crippen molar-refractivity contribution in [3.8, 4) is 0 Å². The number of aromatic nitrogens is 4. The highest BCUT2D eigenvalue weighted by molar-refractivity contribution is 5.93. The average Bonchev–Trinajstić information content (AvgIpc) is 3.53. The zero-order valence-electron chi connectivity index (χ0n) is 23.1. The van der Waals surface area contributed by atoms with Crippen molar-refractivity contribution >= 4 is 41.0 Å². The molecule has 1 saturated carbocycles. The van der Waals surface area contributed by atoms with Crippen LogP contribution in [0.25, 0.3) is 11.2 Å². The number of nitrogens with one attached hydrogen (secondary N) is 2. The molecule has 3 aromatic rings. The summed E-state index contributed by atoms with van der Waals surface area (Å²) in [5.41, 5.74) is 0.602. The van der Waals surface area contributed by atoms with Gasteiger partial charge in [-0.15, -0.1) is 0 Å². The molecule has 1 aliphatic rings. The molecule has 0 unspecified atom stereocenters. The highest BCUT2D eigenvalue weighted by Crippen LogP contribution is 2.26.